The van der Waals surface area contributed by atoms with E-state index in [1.807, 2.05) is 95.6 Å². The van der Waals surface area contributed by atoms with Crippen molar-refractivity contribution in [1.29, 1.82) is 0 Å². The van der Waals surface area contributed by atoms with E-state index in [2.05, 4.69) is 25.9 Å². The zero-order chi connectivity index (χ0) is 51.1. The van der Waals surface area contributed by atoms with E-state index in [-0.39, 0.29) is 29.3 Å². The van der Waals surface area contributed by atoms with Crippen LogP contribution in [0.4, 0.5) is 0 Å². The van der Waals surface area contributed by atoms with E-state index >= 15 is 0 Å². The minimum absolute atomic E-state index is 0.167. The quantitative estimate of drug-likeness (QED) is 0.165. The molecule has 0 aromatic carbocycles. The second kappa shape index (κ2) is 158. The summed E-state index contributed by atoms with van der Waals surface area (Å²) >= 11 is 1.33. The average molecular weight is 1020 g/mol. The molecular formula is C39H102O12S3Se2. The van der Waals surface area contributed by atoms with E-state index in [4.69, 9.17) is 0 Å². The SMILES string of the molecule is CC.CC.CC.CC.CC.CC.CC(C)=O.CC(C)=O.CC(C)=O.COC.COC(C)=O.COC(C)=O.CS(C)(=O)=O.CS(C)=O.CSC.C[Se](C)=O.C[Se]C. The average Bonchev–Trinajstić information content (AvgIpc) is 3.06. The second-order valence-corrected chi connectivity index (χ2v) is 17.4. The normalized spacial score (nSPS) is 6.50. The molecule has 0 aliphatic carbocycles. The number of methoxy groups -OCH3 is 3. The molecule has 0 radical (unpaired) electrons. The molecule has 0 aromatic rings. The molecule has 0 heterocycles. The maximum atomic E-state index is 9.65. The molecule has 0 rings (SSSR count). The van der Waals surface area contributed by atoms with Crippen molar-refractivity contribution >= 4 is 90.5 Å². The predicted octanol–water partition coefficient (Wildman–Crippen LogP) is 10.7. The summed E-state index contributed by atoms with van der Waals surface area (Å²) in [6, 6.07) is 0. The van der Waals surface area contributed by atoms with Crippen LogP contribution in [-0.4, -0.2) is 137 Å². The summed E-state index contributed by atoms with van der Waals surface area (Å²) in [7, 11) is 2.67. The van der Waals surface area contributed by atoms with Gasteiger partial charge in [-0.2, -0.15) is 11.8 Å². The zero-order valence-electron chi connectivity index (χ0n) is 43.4. The molecule has 0 saturated heterocycles. The number of ether oxygens (including phenoxy) is 3. The molecule has 0 atom stereocenters. The van der Waals surface area contributed by atoms with Crippen LogP contribution in [0.15, 0.2) is 0 Å². The van der Waals surface area contributed by atoms with Crippen LogP contribution in [0.3, 0.4) is 0 Å². The summed E-state index contributed by atoms with van der Waals surface area (Å²) < 4.78 is 50.9. The van der Waals surface area contributed by atoms with Gasteiger partial charge < -0.3 is 28.6 Å². The third-order valence-electron chi connectivity index (χ3n) is 0.575. The molecule has 0 spiro atoms. The summed E-state index contributed by atoms with van der Waals surface area (Å²) in [6.45, 7) is 35.9. The van der Waals surface area contributed by atoms with Gasteiger partial charge in [0.15, 0.2) is 0 Å². The van der Waals surface area contributed by atoms with Gasteiger partial charge in [0.25, 0.3) is 0 Å². The topological polar surface area (TPSA) is 181 Å². The van der Waals surface area contributed by atoms with Crippen LogP contribution >= 0.6 is 11.8 Å². The third-order valence-corrected chi connectivity index (χ3v) is 0.575. The molecule has 360 valence electrons. The summed E-state index contributed by atoms with van der Waals surface area (Å²) in [5.74, 6) is 7.86. The van der Waals surface area contributed by atoms with Gasteiger partial charge in [-0.15, -0.1) is 0 Å². The van der Waals surface area contributed by atoms with Crippen LogP contribution in [-0.2, 0) is 62.7 Å². The van der Waals surface area contributed by atoms with E-state index in [0.717, 1.165) is 27.5 Å². The van der Waals surface area contributed by atoms with Gasteiger partial charge in [0, 0.05) is 63.9 Å². The number of Topliss-reactive ketones (excluding diaryl/α,β-unsaturated/α-hetero) is 3. The number of carbonyl (C=O) groups excluding carboxylic acids is 5. The fraction of sp³-hybridized carbons (Fsp3) is 0.872. The monoisotopic (exact) mass is 1020 g/mol. The fourth-order valence-electron chi connectivity index (χ4n) is 0. The third kappa shape index (κ3) is 14200. The first-order valence-electron chi connectivity index (χ1n) is 17.8. The fourth-order valence-corrected chi connectivity index (χ4v) is 0. The summed E-state index contributed by atoms with van der Waals surface area (Å²) in [6.07, 6.45) is 9.68. The Kier molecular flexibility index (Phi) is 313. The van der Waals surface area contributed by atoms with Crippen LogP contribution in [0.1, 0.15) is 138 Å². The Morgan fingerprint density at radius 2 is 0.554 bits per heavy atom. The molecular weight excluding hydrogens is 915 g/mol. The number of thioether (sulfide) groups is 1. The van der Waals surface area contributed by atoms with Crippen LogP contribution in [0.5, 0.6) is 0 Å². The Labute approximate surface area is 370 Å². The van der Waals surface area contributed by atoms with Crippen molar-refractivity contribution < 1.29 is 54.6 Å². The van der Waals surface area contributed by atoms with Crippen LogP contribution in [0.25, 0.3) is 0 Å². The molecule has 0 N–H and O–H groups in total. The minimum atomic E-state index is -2.67. The van der Waals surface area contributed by atoms with E-state index in [9.17, 15) is 40.4 Å². The molecule has 0 saturated carbocycles. The van der Waals surface area contributed by atoms with Crippen LogP contribution in [0, 0.1) is 0 Å². The zero-order valence-corrected chi connectivity index (χ0v) is 49.3. The number of hydrogen-bond donors (Lipinski definition) is 0. The second-order valence-electron chi connectivity index (χ2n) is 7.97. The number of carbonyl (C=O) groups is 5. The Hall–Kier alpha value is -0.801. The molecule has 12 nitrogen and oxygen atoms in total. The first-order valence-corrected chi connectivity index (χ1v) is 31.3. The van der Waals surface area contributed by atoms with Crippen molar-refractivity contribution in [1.82, 2.24) is 0 Å². The van der Waals surface area contributed by atoms with Gasteiger partial charge in [0.2, 0.25) is 0 Å². The van der Waals surface area contributed by atoms with Crippen molar-refractivity contribution in [2.24, 2.45) is 0 Å². The van der Waals surface area contributed by atoms with E-state index in [1.165, 1.54) is 69.6 Å². The Bertz CT molecular complexity index is 637. The van der Waals surface area contributed by atoms with Crippen molar-refractivity contribution in [3.8, 4) is 0 Å². The molecule has 0 aliphatic rings. The first kappa shape index (κ1) is 111. The van der Waals surface area contributed by atoms with Gasteiger partial charge in [-0.3, -0.25) is 13.8 Å². The molecule has 17 heteroatoms. The molecule has 0 aromatic heterocycles. The Morgan fingerprint density at radius 3 is 0.554 bits per heavy atom. The van der Waals surface area contributed by atoms with E-state index in [1.54, 1.807) is 50.1 Å². The first-order chi connectivity index (χ1) is 25.4. The molecule has 0 aliphatic heterocycles. The van der Waals surface area contributed by atoms with Crippen LogP contribution < -0.4 is 0 Å². The number of rotatable bonds is 0. The number of ketones is 3. The Balaban J connectivity index is -0.0000000194. The van der Waals surface area contributed by atoms with Crippen molar-refractivity contribution in [3.63, 3.8) is 0 Å². The number of esters is 2. The maximum absolute atomic E-state index is 9.65. The van der Waals surface area contributed by atoms with Crippen molar-refractivity contribution in [3.05, 3.63) is 0 Å². The molecule has 0 fully saturated rings. The van der Waals surface area contributed by atoms with E-state index < -0.39 is 34.5 Å². The van der Waals surface area contributed by atoms with Gasteiger partial charge in [-0.25, -0.2) is 8.42 Å². The van der Waals surface area contributed by atoms with Gasteiger partial charge in [-0.05, 0) is 54.1 Å². The van der Waals surface area contributed by atoms with E-state index in [0.29, 0.717) is 0 Å². The Morgan fingerprint density at radius 1 is 0.536 bits per heavy atom. The summed E-state index contributed by atoms with van der Waals surface area (Å²) in [5, 5.41) is 0. The summed E-state index contributed by atoms with van der Waals surface area (Å²) in [5.41, 5.74) is 0. The molecule has 0 bridgehead atoms. The van der Waals surface area contributed by atoms with Gasteiger partial charge in [-0.1, -0.05) is 83.1 Å². The molecule has 56 heavy (non-hydrogen) atoms. The molecule has 0 unspecified atom stereocenters. The van der Waals surface area contributed by atoms with Gasteiger partial charge in [0.1, 0.15) is 27.2 Å². The van der Waals surface area contributed by atoms with Crippen molar-refractivity contribution in [2.75, 3.05) is 66.0 Å². The number of sulfone groups is 1. The van der Waals surface area contributed by atoms with Crippen LogP contribution in [0.2, 0.25) is 23.3 Å². The van der Waals surface area contributed by atoms with Crippen molar-refractivity contribution in [2.45, 2.75) is 162 Å². The number of hydrogen-bond acceptors (Lipinski definition) is 13. The predicted molar refractivity (Wildman–Crippen MR) is 261 cm³/mol. The molecule has 0 amide bonds. The summed E-state index contributed by atoms with van der Waals surface area (Å²) in [4.78, 5) is 47.5. The standard InChI is InChI=1S/2C3H6O2.3C3H6O.C2H6O2S.C2H6OS.C2H6OSe.C2H6O.C2H6S.C2H6Se.6C2H6/c2*1-3(4)5-2;3*1-3(2)4;1-5(2,3)4;2*1-4(2)3;3*1-3-2;6*1-2/h2*1-2H3;3*1-2H3;1-2H3;2*1-2H3;3*1-2H3;6*1-2H3. The van der Waals surface area contributed by atoms with Gasteiger partial charge >= 0.3 is 67.9 Å². The van der Waals surface area contributed by atoms with Gasteiger partial charge in [0.05, 0.1) is 14.2 Å².